The lowest BCUT2D eigenvalue weighted by Crippen LogP contribution is -1.96. The first-order valence-electron chi connectivity index (χ1n) is 3.61. The molecule has 0 atom stereocenters. The SMILES string of the molecule is CCOCCc1cc(N)no1. The van der Waals surface area contributed by atoms with Gasteiger partial charge in [-0.2, -0.15) is 0 Å². The Morgan fingerprint density at radius 2 is 2.55 bits per heavy atom. The number of hydrogen-bond donors (Lipinski definition) is 1. The molecule has 0 fully saturated rings. The van der Waals surface area contributed by atoms with Gasteiger partial charge in [0, 0.05) is 19.1 Å². The summed E-state index contributed by atoms with van der Waals surface area (Å²) >= 11 is 0. The molecule has 0 bridgehead atoms. The molecular formula is C7H12N2O2. The molecule has 2 N–H and O–H groups in total. The third-order valence-electron chi connectivity index (χ3n) is 1.27. The molecule has 0 radical (unpaired) electrons. The summed E-state index contributed by atoms with van der Waals surface area (Å²) in [6.45, 7) is 3.34. The second-order valence-electron chi connectivity index (χ2n) is 2.17. The van der Waals surface area contributed by atoms with Gasteiger partial charge in [0.1, 0.15) is 5.76 Å². The monoisotopic (exact) mass is 156 g/mol. The van der Waals surface area contributed by atoms with E-state index >= 15 is 0 Å². The first-order chi connectivity index (χ1) is 5.33. The zero-order valence-corrected chi connectivity index (χ0v) is 6.54. The highest BCUT2D eigenvalue weighted by Crippen LogP contribution is 2.04. The van der Waals surface area contributed by atoms with Crippen LogP contribution in [-0.2, 0) is 11.2 Å². The van der Waals surface area contributed by atoms with Crippen LogP contribution in [0.15, 0.2) is 10.6 Å². The summed E-state index contributed by atoms with van der Waals surface area (Å²) in [6.07, 6.45) is 0.734. The standard InChI is InChI=1S/C7H12N2O2/c1-2-10-4-3-6-5-7(8)9-11-6/h5H,2-4H2,1H3,(H2,8,9). The van der Waals surface area contributed by atoms with Crippen molar-refractivity contribution < 1.29 is 9.26 Å². The van der Waals surface area contributed by atoms with Crippen molar-refractivity contribution in [2.24, 2.45) is 0 Å². The lowest BCUT2D eigenvalue weighted by molar-refractivity contribution is 0.145. The Morgan fingerprint density at radius 1 is 1.73 bits per heavy atom. The number of nitrogens with two attached hydrogens (primary N) is 1. The minimum absolute atomic E-state index is 0.427. The van der Waals surface area contributed by atoms with Crippen LogP contribution in [0.2, 0.25) is 0 Å². The predicted octanol–water partition coefficient (Wildman–Crippen LogP) is 0.836. The second kappa shape index (κ2) is 3.98. The molecule has 1 aromatic heterocycles. The first-order valence-corrected chi connectivity index (χ1v) is 3.61. The molecule has 0 aliphatic rings. The highest BCUT2D eigenvalue weighted by Gasteiger charge is 1.99. The molecule has 1 heterocycles. The van der Waals surface area contributed by atoms with E-state index in [-0.39, 0.29) is 0 Å². The van der Waals surface area contributed by atoms with Crippen LogP contribution in [0, 0.1) is 0 Å². The fraction of sp³-hybridized carbons (Fsp3) is 0.571. The fourth-order valence-corrected chi connectivity index (χ4v) is 0.764. The van der Waals surface area contributed by atoms with E-state index in [0.717, 1.165) is 18.8 Å². The Kier molecular flexibility index (Phi) is 2.92. The molecule has 0 saturated heterocycles. The van der Waals surface area contributed by atoms with E-state index in [1.165, 1.54) is 0 Å². The molecule has 0 aliphatic heterocycles. The minimum Gasteiger partial charge on any atom is -0.381 e. The number of anilines is 1. The molecule has 1 rings (SSSR count). The van der Waals surface area contributed by atoms with Crippen LogP contribution in [0.4, 0.5) is 5.82 Å². The normalized spacial score (nSPS) is 10.3. The Bertz CT molecular complexity index is 210. The maximum absolute atomic E-state index is 5.34. The van der Waals surface area contributed by atoms with Crippen molar-refractivity contribution in [3.8, 4) is 0 Å². The molecule has 0 saturated carbocycles. The molecule has 0 amide bonds. The lowest BCUT2D eigenvalue weighted by Gasteiger charge is -1.95. The van der Waals surface area contributed by atoms with Gasteiger partial charge in [-0.25, -0.2) is 0 Å². The summed E-state index contributed by atoms with van der Waals surface area (Å²) < 4.78 is 9.97. The van der Waals surface area contributed by atoms with E-state index < -0.39 is 0 Å². The molecule has 0 spiro atoms. The lowest BCUT2D eigenvalue weighted by atomic mass is 10.3. The molecule has 62 valence electrons. The highest BCUT2D eigenvalue weighted by molar-refractivity contribution is 5.26. The number of nitrogens with zero attached hydrogens (tertiary/aromatic N) is 1. The van der Waals surface area contributed by atoms with Crippen LogP contribution in [0.3, 0.4) is 0 Å². The molecule has 0 aliphatic carbocycles. The van der Waals surface area contributed by atoms with Gasteiger partial charge in [0.2, 0.25) is 0 Å². The molecule has 0 aromatic carbocycles. The van der Waals surface area contributed by atoms with E-state index in [4.69, 9.17) is 15.0 Å². The summed E-state index contributed by atoms with van der Waals surface area (Å²) in [6, 6.07) is 1.71. The topological polar surface area (TPSA) is 61.3 Å². The van der Waals surface area contributed by atoms with Crippen molar-refractivity contribution in [2.45, 2.75) is 13.3 Å². The van der Waals surface area contributed by atoms with Crippen LogP contribution < -0.4 is 5.73 Å². The predicted molar refractivity (Wildman–Crippen MR) is 41.1 cm³/mol. The van der Waals surface area contributed by atoms with Crippen molar-refractivity contribution in [3.63, 3.8) is 0 Å². The van der Waals surface area contributed by atoms with Crippen LogP contribution in [-0.4, -0.2) is 18.4 Å². The van der Waals surface area contributed by atoms with E-state index in [1.807, 2.05) is 6.92 Å². The Morgan fingerprint density at radius 3 is 3.09 bits per heavy atom. The molecule has 11 heavy (non-hydrogen) atoms. The van der Waals surface area contributed by atoms with Gasteiger partial charge in [0.15, 0.2) is 5.82 Å². The van der Waals surface area contributed by atoms with E-state index in [2.05, 4.69) is 5.16 Å². The summed E-state index contributed by atoms with van der Waals surface area (Å²) in [4.78, 5) is 0. The first kappa shape index (κ1) is 8.07. The van der Waals surface area contributed by atoms with Crippen LogP contribution in [0.25, 0.3) is 0 Å². The largest absolute Gasteiger partial charge is 0.381 e. The minimum atomic E-state index is 0.427. The van der Waals surface area contributed by atoms with Crippen molar-refractivity contribution in [1.82, 2.24) is 5.16 Å². The maximum atomic E-state index is 5.34. The van der Waals surface area contributed by atoms with Crippen LogP contribution in [0.5, 0.6) is 0 Å². The van der Waals surface area contributed by atoms with Gasteiger partial charge in [-0.05, 0) is 6.92 Å². The zero-order valence-electron chi connectivity index (χ0n) is 6.54. The van der Waals surface area contributed by atoms with Gasteiger partial charge in [0.25, 0.3) is 0 Å². The van der Waals surface area contributed by atoms with Crippen LogP contribution in [0.1, 0.15) is 12.7 Å². The fourth-order valence-electron chi connectivity index (χ4n) is 0.764. The van der Waals surface area contributed by atoms with Crippen molar-refractivity contribution >= 4 is 5.82 Å². The van der Waals surface area contributed by atoms with Crippen molar-refractivity contribution in [2.75, 3.05) is 18.9 Å². The number of rotatable bonds is 4. The average molecular weight is 156 g/mol. The quantitative estimate of drug-likeness (QED) is 0.656. The van der Waals surface area contributed by atoms with E-state index in [9.17, 15) is 0 Å². The maximum Gasteiger partial charge on any atom is 0.167 e. The third-order valence-corrected chi connectivity index (χ3v) is 1.27. The van der Waals surface area contributed by atoms with Gasteiger partial charge in [0.05, 0.1) is 6.61 Å². The number of hydrogen-bond acceptors (Lipinski definition) is 4. The summed E-state index contributed by atoms with van der Waals surface area (Å²) in [5.74, 6) is 1.20. The highest BCUT2D eigenvalue weighted by atomic mass is 16.5. The van der Waals surface area contributed by atoms with Crippen molar-refractivity contribution in [1.29, 1.82) is 0 Å². The Balaban J connectivity index is 2.27. The van der Waals surface area contributed by atoms with Crippen LogP contribution >= 0.6 is 0 Å². The summed E-state index contributed by atoms with van der Waals surface area (Å²) in [7, 11) is 0. The summed E-state index contributed by atoms with van der Waals surface area (Å²) in [5.41, 5.74) is 5.34. The molecule has 4 nitrogen and oxygen atoms in total. The molecular weight excluding hydrogens is 144 g/mol. The number of ether oxygens (including phenoxy) is 1. The van der Waals surface area contributed by atoms with E-state index in [1.54, 1.807) is 6.07 Å². The van der Waals surface area contributed by atoms with Crippen molar-refractivity contribution in [3.05, 3.63) is 11.8 Å². The number of aromatic nitrogens is 1. The van der Waals surface area contributed by atoms with Gasteiger partial charge in [-0.1, -0.05) is 5.16 Å². The average Bonchev–Trinajstić information content (AvgIpc) is 2.37. The molecule has 0 unspecified atom stereocenters. The van der Waals surface area contributed by atoms with Gasteiger partial charge in [-0.3, -0.25) is 0 Å². The smallest absolute Gasteiger partial charge is 0.167 e. The Hall–Kier alpha value is -1.03. The Labute approximate surface area is 65.3 Å². The van der Waals surface area contributed by atoms with Gasteiger partial charge in [-0.15, -0.1) is 0 Å². The van der Waals surface area contributed by atoms with Gasteiger partial charge < -0.3 is 15.0 Å². The van der Waals surface area contributed by atoms with Gasteiger partial charge >= 0.3 is 0 Å². The molecule has 1 aromatic rings. The van der Waals surface area contributed by atoms with E-state index in [0.29, 0.717) is 12.4 Å². The third kappa shape index (κ3) is 2.59. The number of nitrogen functional groups attached to an aromatic ring is 1. The summed E-state index contributed by atoms with van der Waals surface area (Å²) in [5, 5.41) is 3.54. The zero-order chi connectivity index (χ0) is 8.10. The molecule has 4 heteroatoms. The second-order valence-corrected chi connectivity index (χ2v) is 2.17.